The highest BCUT2D eigenvalue weighted by Gasteiger charge is 2.39. The number of furan rings is 1. The maximum atomic E-state index is 13.6. The van der Waals surface area contributed by atoms with Gasteiger partial charge in [-0.05, 0) is 40.5 Å². The molecule has 1 amide bonds. The summed E-state index contributed by atoms with van der Waals surface area (Å²) >= 11 is 0. The van der Waals surface area contributed by atoms with Crippen LogP contribution in [0, 0.1) is 20.8 Å². The van der Waals surface area contributed by atoms with Crippen molar-refractivity contribution in [2.75, 3.05) is 31.0 Å². The van der Waals surface area contributed by atoms with Crippen LogP contribution in [0.2, 0.25) is 0 Å². The number of hydrogen-bond acceptors (Lipinski definition) is 7. The summed E-state index contributed by atoms with van der Waals surface area (Å²) in [6.45, 7) is 8.96. The lowest BCUT2D eigenvalue weighted by Gasteiger charge is -2.19. The summed E-state index contributed by atoms with van der Waals surface area (Å²) in [7, 11) is 3.42. The van der Waals surface area contributed by atoms with Gasteiger partial charge in [0.1, 0.15) is 17.9 Å². The smallest absolute Gasteiger partial charge is 0.262 e. The van der Waals surface area contributed by atoms with Crippen molar-refractivity contribution in [2.24, 2.45) is 0 Å². The Kier molecular flexibility index (Phi) is 5.01. The fourth-order valence-electron chi connectivity index (χ4n) is 3.83. The second-order valence-corrected chi connectivity index (χ2v) is 8.22. The topological polar surface area (TPSA) is 98.3 Å². The molecule has 0 unspecified atom stereocenters. The number of hydrogen-bond donors (Lipinski definition) is 1. The fraction of sp³-hybridized carbons (Fsp3) is 0.524. The van der Waals surface area contributed by atoms with Gasteiger partial charge in [0.25, 0.3) is 5.91 Å². The first-order chi connectivity index (χ1) is 14.3. The first kappa shape index (κ1) is 20.3. The summed E-state index contributed by atoms with van der Waals surface area (Å²) in [5.74, 6) is 0.980. The Balaban J connectivity index is 1.75. The van der Waals surface area contributed by atoms with E-state index in [0.717, 1.165) is 29.9 Å². The van der Waals surface area contributed by atoms with Crippen LogP contribution in [0.1, 0.15) is 47.3 Å². The van der Waals surface area contributed by atoms with Crippen LogP contribution in [0.5, 0.6) is 0 Å². The van der Waals surface area contributed by atoms with E-state index in [0.29, 0.717) is 41.4 Å². The van der Waals surface area contributed by atoms with Crippen molar-refractivity contribution in [3.05, 3.63) is 29.0 Å². The third-order valence-electron chi connectivity index (χ3n) is 5.79. The van der Waals surface area contributed by atoms with Crippen LogP contribution in [0.25, 0.3) is 11.1 Å². The van der Waals surface area contributed by atoms with Crippen LogP contribution in [0.4, 0.5) is 11.5 Å². The Morgan fingerprint density at radius 1 is 1.33 bits per heavy atom. The molecule has 0 spiro atoms. The monoisotopic (exact) mass is 412 g/mol. The molecule has 160 valence electrons. The van der Waals surface area contributed by atoms with Gasteiger partial charge >= 0.3 is 0 Å². The standard InChI is InChI=1S/C21H28N6O3/c1-12-17(13(2)27(25-12)9-10-29-6)26(5)20(28)15-14(3)30-19-16(15)18(22-11-23-19)24-21(4)7-8-21/h11H,7-10H2,1-6H3,(H,22,23,24). The van der Waals surface area contributed by atoms with Gasteiger partial charge in [0, 0.05) is 19.7 Å². The van der Waals surface area contributed by atoms with Crippen LogP contribution < -0.4 is 10.2 Å². The molecule has 0 aromatic carbocycles. The van der Waals surface area contributed by atoms with E-state index in [4.69, 9.17) is 9.15 Å². The van der Waals surface area contributed by atoms with Crippen molar-refractivity contribution in [2.45, 2.75) is 52.6 Å². The molecular weight excluding hydrogens is 384 g/mol. The number of ether oxygens (including phenoxy) is 1. The van der Waals surface area contributed by atoms with E-state index >= 15 is 0 Å². The fourth-order valence-corrected chi connectivity index (χ4v) is 3.83. The summed E-state index contributed by atoms with van der Waals surface area (Å²) < 4.78 is 12.9. The molecule has 9 nitrogen and oxygen atoms in total. The third kappa shape index (κ3) is 3.43. The number of aryl methyl sites for hydroxylation is 2. The molecule has 1 saturated carbocycles. The molecule has 30 heavy (non-hydrogen) atoms. The molecule has 9 heteroatoms. The predicted molar refractivity (Wildman–Crippen MR) is 114 cm³/mol. The van der Waals surface area contributed by atoms with Crippen molar-refractivity contribution in [1.29, 1.82) is 0 Å². The van der Waals surface area contributed by atoms with Gasteiger partial charge in [0.15, 0.2) is 0 Å². The summed E-state index contributed by atoms with van der Waals surface area (Å²) in [6, 6.07) is 0. The average molecular weight is 412 g/mol. The number of anilines is 2. The molecule has 1 aliphatic rings. The van der Waals surface area contributed by atoms with E-state index in [-0.39, 0.29) is 11.4 Å². The van der Waals surface area contributed by atoms with Gasteiger partial charge in [-0.25, -0.2) is 9.97 Å². The van der Waals surface area contributed by atoms with E-state index in [2.05, 4.69) is 27.3 Å². The molecule has 4 rings (SSSR count). The molecule has 3 heterocycles. The van der Waals surface area contributed by atoms with Gasteiger partial charge in [-0.2, -0.15) is 5.10 Å². The second kappa shape index (κ2) is 7.39. The first-order valence-corrected chi connectivity index (χ1v) is 10.1. The molecule has 1 N–H and O–H groups in total. The molecular formula is C21H28N6O3. The van der Waals surface area contributed by atoms with E-state index < -0.39 is 0 Å². The van der Waals surface area contributed by atoms with Gasteiger partial charge in [-0.1, -0.05) is 0 Å². The summed E-state index contributed by atoms with van der Waals surface area (Å²) in [5.41, 5.74) is 3.37. The Labute approximate surface area is 175 Å². The van der Waals surface area contributed by atoms with Gasteiger partial charge in [0.05, 0.1) is 41.2 Å². The predicted octanol–water partition coefficient (Wildman–Crippen LogP) is 3.23. The number of nitrogens with zero attached hydrogens (tertiary/aromatic N) is 5. The Hall–Kier alpha value is -2.94. The number of fused-ring (bicyclic) bond motifs is 1. The first-order valence-electron chi connectivity index (χ1n) is 10.1. The highest BCUT2D eigenvalue weighted by Crippen LogP contribution is 2.40. The molecule has 3 aromatic heterocycles. The lowest BCUT2D eigenvalue weighted by Crippen LogP contribution is -2.28. The van der Waals surface area contributed by atoms with E-state index in [1.807, 2.05) is 18.5 Å². The minimum absolute atomic E-state index is 0.00828. The van der Waals surface area contributed by atoms with Crippen LogP contribution in [0.15, 0.2) is 10.7 Å². The minimum Gasteiger partial charge on any atom is -0.442 e. The maximum absolute atomic E-state index is 13.6. The molecule has 0 aliphatic heterocycles. The number of amides is 1. The van der Waals surface area contributed by atoms with Crippen LogP contribution in [-0.4, -0.2) is 52.0 Å². The zero-order valence-corrected chi connectivity index (χ0v) is 18.4. The number of methoxy groups -OCH3 is 1. The number of aromatic nitrogens is 4. The highest BCUT2D eigenvalue weighted by molar-refractivity contribution is 6.16. The number of rotatable bonds is 7. The molecule has 0 radical (unpaired) electrons. The van der Waals surface area contributed by atoms with Gasteiger partial charge in [-0.15, -0.1) is 0 Å². The Morgan fingerprint density at radius 2 is 2.07 bits per heavy atom. The van der Waals surface area contributed by atoms with Crippen LogP contribution >= 0.6 is 0 Å². The van der Waals surface area contributed by atoms with Crippen LogP contribution in [0.3, 0.4) is 0 Å². The van der Waals surface area contributed by atoms with Crippen molar-refractivity contribution < 1.29 is 13.9 Å². The minimum atomic E-state index is -0.178. The number of carbonyl (C=O) groups is 1. The van der Waals surface area contributed by atoms with Crippen molar-refractivity contribution in [3.8, 4) is 0 Å². The maximum Gasteiger partial charge on any atom is 0.262 e. The average Bonchev–Trinajstić information content (AvgIpc) is 3.21. The molecule has 0 atom stereocenters. The lowest BCUT2D eigenvalue weighted by atomic mass is 10.1. The van der Waals surface area contributed by atoms with Gasteiger partial charge in [-0.3, -0.25) is 9.48 Å². The number of carbonyl (C=O) groups excluding carboxylic acids is 1. The van der Waals surface area contributed by atoms with Gasteiger partial charge < -0.3 is 19.4 Å². The zero-order valence-electron chi connectivity index (χ0n) is 18.4. The number of nitrogens with one attached hydrogen (secondary N) is 1. The third-order valence-corrected chi connectivity index (χ3v) is 5.79. The largest absolute Gasteiger partial charge is 0.442 e. The second-order valence-electron chi connectivity index (χ2n) is 8.22. The molecule has 1 fully saturated rings. The van der Waals surface area contributed by atoms with Crippen molar-refractivity contribution in [1.82, 2.24) is 19.7 Å². The summed E-state index contributed by atoms with van der Waals surface area (Å²) in [4.78, 5) is 23.9. The summed E-state index contributed by atoms with van der Waals surface area (Å²) in [6.07, 6.45) is 3.60. The SMILES string of the molecule is COCCn1nc(C)c(N(C)C(=O)c2c(C)oc3ncnc(NC4(C)CC4)c23)c1C. The quantitative estimate of drug-likeness (QED) is 0.636. The normalized spacial score (nSPS) is 14.9. The van der Waals surface area contributed by atoms with Gasteiger partial charge in [0.2, 0.25) is 5.71 Å². The molecule has 3 aromatic rings. The Bertz CT molecular complexity index is 1110. The van der Waals surface area contributed by atoms with Crippen molar-refractivity contribution >= 4 is 28.5 Å². The Morgan fingerprint density at radius 3 is 2.73 bits per heavy atom. The van der Waals surface area contributed by atoms with E-state index in [1.54, 1.807) is 26.0 Å². The molecule has 0 bridgehead atoms. The molecule has 1 aliphatic carbocycles. The van der Waals surface area contributed by atoms with E-state index in [9.17, 15) is 4.79 Å². The van der Waals surface area contributed by atoms with E-state index in [1.165, 1.54) is 6.33 Å². The highest BCUT2D eigenvalue weighted by atomic mass is 16.5. The van der Waals surface area contributed by atoms with Crippen molar-refractivity contribution in [3.63, 3.8) is 0 Å². The summed E-state index contributed by atoms with van der Waals surface area (Å²) in [5, 5.41) is 8.66. The van der Waals surface area contributed by atoms with Crippen LogP contribution in [-0.2, 0) is 11.3 Å². The lowest BCUT2D eigenvalue weighted by molar-refractivity contribution is 0.0992. The molecule has 0 saturated heterocycles. The zero-order chi connectivity index (χ0) is 21.6.